The van der Waals surface area contributed by atoms with Crippen LogP contribution >= 0.6 is 11.3 Å². The van der Waals surface area contributed by atoms with E-state index in [9.17, 15) is 0 Å². The predicted octanol–water partition coefficient (Wildman–Crippen LogP) is 5.60. The Balaban J connectivity index is 1.43. The molecule has 29 heavy (non-hydrogen) atoms. The van der Waals surface area contributed by atoms with Gasteiger partial charge in [-0.2, -0.15) is 5.10 Å². The summed E-state index contributed by atoms with van der Waals surface area (Å²) in [7, 11) is 2.08. The van der Waals surface area contributed by atoms with Gasteiger partial charge in [-0.25, -0.2) is 9.97 Å². The zero-order valence-corrected chi connectivity index (χ0v) is 16.9. The third-order valence-electron chi connectivity index (χ3n) is 5.01. The van der Waals surface area contributed by atoms with Crippen molar-refractivity contribution in [2.75, 3.05) is 5.43 Å². The third kappa shape index (κ3) is 3.17. The van der Waals surface area contributed by atoms with Crippen LogP contribution in [-0.4, -0.2) is 20.7 Å². The number of thiazole rings is 1. The van der Waals surface area contributed by atoms with Gasteiger partial charge in [0.15, 0.2) is 0 Å². The molecule has 3 heterocycles. The van der Waals surface area contributed by atoms with Crippen LogP contribution in [0, 0.1) is 6.92 Å². The quantitative estimate of drug-likeness (QED) is 0.317. The van der Waals surface area contributed by atoms with E-state index in [1.807, 2.05) is 42.6 Å². The number of hydrogen-bond donors (Lipinski definition) is 1. The summed E-state index contributed by atoms with van der Waals surface area (Å²) in [4.78, 5) is 9.31. The van der Waals surface area contributed by atoms with Crippen LogP contribution in [0.2, 0.25) is 0 Å². The molecule has 0 fully saturated rings. The largest absolute Gasteiger partial charge is 0.342 e. The van der Waals surface area contributed by atoms with Crippen LogP contribution in [0.5, 0.6) is 0 Å². The predicted molar refractivity (Wildman–Crippen MR) is 122 cm³/mol. The maximum Gasteiger partial charge on any atom is 0.203 e. The molecule has 0 aliphatic rings. The second-order valence-electron chi connectivity index (χ2n) is 6.88. The smallest absolute Gasteiger partial charge is 0.203 e. The van der Waals surface area contributed by atoms with Gasteiger partial charge in [0.2, 0.25) is 5.13 Å². The Kier molecular flexibility index (Phi) is 4.33. The Hall–Kier alpha value is -3.51. The normalized spacial score (nSPS) is 11.7. The summed E-state index contributed by atoms with van der Waals surface area (Å²) in [6.45, 7) is 2.04. The fourth-order valence-electron chi connectivity index (χ4n) is 3.72. The van der Waals surface area contributed by atoms with Crippen LogP contribution in [0.3, 0.4) is 0 Å². The molecule has 3 aromatic heterocycles. The first-order valence-electron chi connectivity index (χ1n) is 9.35. The van der Waals surface area contributed by atoms with Crippen molar-refractivity contribution in [3.05, 3.63) is 77.4 Å². The molecule has 142 valence electrons. The van der Waals surface area contributed by atoms with E-state index >= 15 is 0 Å². The van der Waals surface area contributed by atoms with Gasteiger partial charge >= 0.3 is 0 Å². The minimum absolute atomic E-state index is 0.753. The fraction of sp³-hybridized carbons (Fsp3) is 0.0870. The van der Waals surface area contributed by atoms with Crippen LogP contribution in [0.4, 0.5) is 5.13 Å². The van der Waals surface area contributed by atoms with Crippen LogP contribution in [0.1, 0.15) is 11.4 Å². The van der Waals surface area contributed by atoms with E-state index in [4.69, 9.17) is 4.98 Å². The summed E-state index contributed by atoms with van der Waals surface area (Å²) in [5.41, 5.74) is 9.23. The molecule has 0 atom stereocenters. The standard InChI is InChI=1S/C23H19N5S/c1-15-22-19(18-10-6-7-11-21(18)28(22)2)12-17(25-15)13-24-27-23-26-20(14-29-23)16-8-4-3-5-9-16/h3-14H,1-2H3,(H,26,27)/b24-13+. The molecule has 1 N–H and O–H groups in total. The van der Waals surface area contributed by atoms with E-state index in [0.29, 0.717) is 0 Å². The molecule has 0 radical (unpaired) electrons. The van der Waals surface area contributed by atoms with Crippen molar-refractivity contribution >= 4 is 44.5 Å². The highest BCUT2D eigenvalue weighted by molar-refractivity contribution is 7.14. The Morgan fingerprint density at radius 3 is 2.66 bits per heavy atom. The summed E-state index contributed by atoms with van der Waals surface area (Å²) in [6, 6.07) is 20.6. The molecule has 5 rings (SSSR count). The number of benzene rings is 2. The monoisotopic (exact) mass is 397 g/mol. The van der Waals surface area contributed by atoms with Crippen molar-refractivity contribution in [3.8, 4) is 11.3 Å². The second kappa shape index (κ2) is 7.14. The lowest BCUT2D eigenvalue weighted by molar-refractivity contribution is 0.996. The number of nitrogens with zero attached hydrogens (tertiary/aromatic N) is 4. The van der Waals surface area contributed by atoms with Gasteiger partial charge in [0.25, 0.3) is 0 Å². The third-order valence-corrected chi connectivity index (χ3v) is 5.76. The highest BCUT2D eigenvalue weighted by atomic mass is 32.1. The molecule has 0 aliphatic carbocycles. The van der Waals surface area contributed by atoms with Gasteiger partial charge in [-0.05, 0) is 19.1 Å². The maximum absolute atomic E-state index is 4.71. The molecule has 0 unspecified atom stereocenters. The summed E-state index contributed by atoms with van der Waals surface area (Å²) in [5, 5.41) is 9.56. The Bertz CT molecular complexity index is 1350. The zero-order chi connectivity index (χ0) is 19.8. The van der Waals surface area contributed by atoms with Crippen LogP contribution in [0.25, 0.3) is 33.1 Å². The molecule has 0 saturated carbocycles. The van der Waals surface area contributed by atoms with E-state index in [1.165, 1.54) is 27.6 Å². The molecule has 6 heteroatoms. The summed E-state index contributed by atoms with van der Waals surface area (Å²) < 4.78 is 2.20. The second-order valence-corrected chi connectivity index (χ2v) is 7.74. The summed E-state index contributed by atoms with van der Waals surface area (Å²) >= 11 is 1.53. The zero-order valence-electron chi connectivity index (χ0n) is 16.1. The fourth-order valence-corrected chi connectivity index (χ4v) is 4.39. The number of aromatic nitrogens is 3. The van der Waals surface area contributed by atoms with Crippen molar-refractivity contribution in [3.63, 3.8) is 0 Å². The van der Waals surface area contributed by atoms with Gasteiger partial charge in [-0.1, -0.05) is 48.5 Å². The van der Waals surface area contributed by atoms with Gasteiger partial charge in [-0.3, -0.25) is 5.43 Å². The van der Waals surface area contributed by atoms with E-state index in [2.05, 4.69) is 57.5 Å². The number of rotatable bonds is 4. The highest BCUT2D eigenvalue weighted by Gasteiger charge is 2.11. The van der Waals surface area contributed by atoms with Crippen molar-refractivity contribution in [1.82, 2.24) is 14.5 Å². The minimum atomic E-state index is 0.753. The van der Waals surface area contributed by atoms with Crippen LogP contribution in [0.15, 0.2) is 71.1 Å². The highest BCUT2D eigenvalue weighted by Crippen LogP contribution is 2.29. The number of fused-ring (bicyclic) bond motifs is 3. The number of para-hydroxylation sites is 1. The number of hydrazone groups is 1. The number of hydrogen-bond acceptors (Lipinski definition) is 5. The first-order chi connectivity index (χ1) is 14.2. The molecule has 0 spiro atoms. The number of anilines is 1. The van der Waals surface area contributed by atoms with Crippen molar-refractivity contribution in [2.24, 2.45) is 12.1 Å². The maximum atomic E-state index is 4.71. The lowest BCUT2D eigenvalue weighted by atomic mass is 10.1. The molecule has 2 aromatic carbocycles. The molecule has 5 aromatic rings. The molecule has 0 amide bonds. The van der Waals surface area contributed by atoms with E-state index < -0.39 is 0 Å². The van der Waals surface area contributed by atoms with E-state index in [0.717, 1.165) is 33.3 Å². The van der Waals surface area contributed by atoms with Crippen LogP contribution in [-0.2, 0) is 7.05 Å². The number of pyridine rings is 1. The Labute approximate surface area is 172 Å². The van der Waals surface area contributed by atoms with Gasteiger partial charge in [0.05, 0.1) is 28.8 Å². The molecule has 5 nitrogen and oxygen atoms in total. The Morgan fingerprint density at radius 2 is 1.79 bits per heavy atom. The van der Waals surface area contributed by atoms with Crippen molar-refractivity contribution in [1.29, 1.82) is 0 Å². The molecule has 0 saturated heterocycles. The van der Waals surface area contributed by atoms with Crippen LogP contribution < -0.4 is 5.43 Å². The van der Waals surface area contributed by atoms with Crippen molar-refractivity contribution in [2.45, 2.75) is 6.92 Å². The molecular weight excluding hydrogens is 378 g/mol. The summed E-state index contributed by atoms with van der Waals surface area (Å²) in [6.07, 6.45) is 1.75. The topological polar surface area (TPSA) is 55.1 Å². The summed E-state index contributed by atoms with van der Waals surface area (Å²) in [5.74, 6) is 0. The van der Waals surface area contributed by atoms with Gasteiger partial charge < -0.3 is 4.57 Å². The number of aryl methyl sites for hydroxylation is 2. The van der Waals surface area contributed by atoms with E-state index in [1.54, 1.807) is 6.21 Å². The molecule has 0 aliphatic heterocycles. The van der Waals surface area contributed by atoms with Gasteiger partial charge in [0, 0.05) is 34.3 Å². The van der Waals surface area contributed by atoms with Crippen molar-refractivity contribution < 1.29 is 0 Å². The average Bonchev–Trinajstić information content (AvgIpc) is 3.33. The lowest BCUT2D eigenvalue weighted by Crippen LogP contribution is -1.97. The average molecular weight is 398 g/mol. The Morgan fingerprint density at radius 1 is 1.00 bits per heavy atom. The van der Waals surface area contributed by atoms with Gasteiger partial charge in [0.1, 0.15) is 0 Å². The number of nitrogens with one attached hydrogen (secondary N) is 1. The van der Waals surface area contributed by atoms with E-state index in [-0.39, 0.29) is 0 Å². The van der Waals surface area contributed by atoms with Gasteiger partial charge in [-0.15, -0.1) is 11.3 Å². The lowest BCUT2D eigenvalue weighted by Gasteiger charge is -2.02. The first-order valence-corrected chi connectivity index (χ1v) is 10.2. The molecule has 0 bridgehead atoms. The SMILES string of the molecule is Cc1nc(/C=N/Nc2nc(-c3ccccc3)cs2)cc2c3ccccc3n(C)c12. The minimum Gasteiger partial charge on any atom is -0.342 e. The molecular formula is C23H19N5S. The first kappa shape index (κ1) is 17.6.